The third kappa shape index (κ3) is 3.98. The Labute approximate surface area is 159 Å². The van der Waals surface area contributed by atoms with E-state index in [9.17, 15) is 9.59 Å². The number of benzene rings is 1. The Morgan fingerprint density at radius 2 is 2.00 bits per heavy atom. The predicted octanol–water partition coefficient (Wildman–Crippen LogP) is 4.31. The molecule has 0 aliphatic carbocycles. The Morgan fingerprint density at radius 1 is 1.27 bits per heavy atom. The molecule has 2 heterocycles. The minimum atomic E-state index is -0.244. The number of thiophene rings is 1. The first-order valence-corrected chi connectivity index (χ1v) is 10.0. The first-order chi connectivity index (χ1) is 12.5. The van der Waals surface area contributed by atoms with Crippen molar-refractivity contribution in [1.29, 1.82) is 0 Å². The number of aryl methyl sites for hydroxylation is 1. The molecular weight excluding hydrogens is 344 g/mol. The highest BCUT2D eigenvalue weighted by atomic mass is 32.1. The molecule has 26 heavy (non-hydrogen) atoms. The average molecular weight is 371 g/mol. The van der Waals surface area contributed by atoms with Crippen LogP contribution in [0.15, 0.2) is 41.8 Å². The zero-order valence-electron chi connectivity index (χ0n) is 15.6. The van der Waals surface area contributed by atoms with E-state index in [0.717, 1.165) is 16.1 Å². The molecule has 0 bridgehead atoms. The smallest absolute Gasteiger partial charge is 0.227 e. The molecule has 2 unspecified atom stereocenters. The summed E-state index contributed by atoms with van der Waals surface area (Å²) >= 11 is 1.60. The summed E-state index contributed by atoms with van der Waals surface area (Å²) in [6.45, 7) is 6.85. The summed E-state index contributed by atoms with van der Waals surface area (Å²) in [5, 5.41) is 5.07. The molecule has 2 atom stereocenters. The van der Waals surface area contributed by atoms with Gasteiger partial charge in [0.05, 0.1) is 12.0 Å². The molecule has 1 aromatic heterocycles. The zero-order chi connectivity index (χ0) is 18.7. The molecule has 138 valence electrons. The van der Waals surface area contributed by atoms with Gasteiger partial charge in [-0.25, -0.2) is 0 Å². The van der Waals surface area contributed by atoms with Crippen LogP contribution in [0.25, 0.3) is 0 Å². The summed E-state index contributed by atoms with van der Waals surface area (Å²) < 4.78 is 0. The van der Waals surface area contributed by atoms with E-state index in [-0.39, 0.29) is 23.8 Å². The van der Waals surface area contributed by atoms with Gasteiger partial charge in [0.1, 0.15) is 0 Å². The van der Waals surface area contributed by atoms with Crippen molar-refractivity contribution in [3.05, 3.63) is 52.2 Å². The molecule has 1 aliphatic rings. The molecule has 1 aromatic carbocycles. The number of anilines is 1. The quantitative estimate of drug-likeness (QED) is 0.852. The first-order valence-electron chi connectivity index (χ1n) is 9.17. The molecule has 2 amide bonds. The van der Waals surface area contributed by atoms with E-state index in [1.807, 2.05) is 53.6 Å². The topological polar surface area (TPSA) is 49.4 Å². The largest absolute Gasteiger partial charge is 0.356 e. The van der Waals surface area contributed by atoms with Gasteiger partial charge >= 0.3 is 0 Å². The van der Waals surface area contributed by atoms with Crippen LogP contribution in [0.4, 0.5) is 5.69 Å². The lowest BCUT2D eigenvalue weighted by Gasteiger charge is -2.40. The summed E-state index contributed by atoms with van der Waals surface area (Å²) in [5.74, 6) is 0.297. The second-order valence-electron chi connectivity index (χ2n) is 7.34. The van der Waals surface area contributed by atoms with Crippen molar-refractivity contribution in [1.82, 2.24) is 5.32 Å². The number of nitrogens with zero attached hydrogens (tertiary/aromatic N) is 1. The van der Waals surface area contributed by atoms with Gasteiger partial charge in [-0.05, 0) is 42.8 Å². The first kappa shape index (κ1) is 18.6. The fourth-order valence-corrected chi connectivity index (χ4v) is 4.28. The lowest BCUT2D eigenvalue weighted by molar-refractivity contribution is -0.129. The van der Waals surface area contributed by atoms with E-state index in [1.54, 1.807) is 11.3 Å². The number of hydrogen-bond acceptors (Lipinski definition) is 3. The van der Waals surface area contributed by atoms with Crippen molar-refractivity contribution in [3.63, 3.8) is 0 Å². The molecular formula is C21H26N2O2S. The SMILES string of the molecule is Cc1ccc(N2C(=O)CCC(C(=O)NCC(C)C)C2c2cccs2)cc1. The van der Waals surface area contributed by atoms with Crippen LogP contribution >= 0.6 is 11.3 Å². The molecule has 3 rings (SSSR count). The predicted molar refractivity (Wildman–Crippen MR) is 106 cm³/mol. The lowest BCUT2D eigenvalue weighted by atomic mass is 9.86. The second-order valence-corrected chi connectivity index (χ2v) is 8.32. The third-order valence-corrected chi connectivity index (χ3v) is 5.71. The number of rotatable bonds is 5. The van der Waals surface area contributed by atoms with Crippen molar-refractivity contribution in [2.45, 2.75) is 39.7 Å². The second kappa shape index (κ2) is 8.04. The summed E-state index contributed by atoms with van der Waals surface area (Å²) in [6, 6.07) is 11.7. The van der Waals surface area contributed by atoms with Gasteiger partial charge < -0.3 is 10.2 Å². The maximum Gasteiger partial charge on any atom is 0.227 e. The van der Waals surface area contributed by atoms with Crippen LogP contribution in [0.3, 0.4) is 0 Å². The van der Waals surface area contributed by atoms with Gasteiger partial charge in [-0.15, -0.1) is 11.3 Å². The van der Waals surface area contributed by atoms with Crippen LogP contribution in [0.5, 0.6) is 0 Å². The van der Waals surface area contributed by atoms with E-state index in [1.165, 1.54) is 0 Å². The van der Waals surface area contributed by atoms with Crippen LogP contribution in [-0.4, -0.2) is 18.4 Å². The number of nitrogens with one attached hydrogen (secondary N) is 1. The van der Waals surface area contributed by atoms with Crippen LogP contribution in [0, 0.1) is 18.8 Å². The Bertz CT molecular complexity index is 753. The molecule has 0 radical (unpaired) electrons. The molecule has 2 aromatic rings. The van der Waals surface area contributed by atoms with Crippen LogP contribution in [-0.2, 0) is 9.59 Å². The van der Waals surface area contributed by atoms with Gasteiger partial charge in [-0.3, -0.25) is 9.59 Å². The number of carbonyl (C=O) groups excluding carboxylic acids is 2. The highest BCUT2D eigenvalue weighted by molar-refractivity contribution is 7.10. The van der Waals surface area contributed by atoms with Crippen molar-refractivity contribution in [2.24, 2.45) is 11.8 Å². The van der Waals surface area contributed by atoms with Crippen LogP contribution in [0.2, 0.25) is 0 Å². The van der Waals surface area contributed by atoms with Gasteiger partial charge in [-0.2, -0.15) is 0 Å². The minimum Gasteiger partial charge on any atom is -0.356 e. The Kier molecular flexibility index (Phi) is 5.77. The Hall–Kier alpha value is -2.14. The molecule has 1 fully saturated rings. The molecule has 1 N–H and O–H groups in total. The van der Waals surface area contributed by atoms with Gasteiger partial charge in [0.2, 0.25) is 11.8 Å². The molecule has 1 aliphatic heterocycles. The van der Waals surface area contributed by atoms with Crippen LogP contribution in [0.1, 0.15) is 43.2 Å². The maximum atomic E-state index is 12.9. The number of carbonyl (C=O) groups is 2. The summed E-state index contributed by atoms with van der Waals surface area (Å²) in [5.41, 5.74) is 2.01. The van der Waals surface area contributed by atoms with Gasteiger partial charge in [0.25, 0.3) is 0 Å². The van der Waals surface area contributed by atoms with E-state index in [0.29, 0.717) is 25.3 Å². The minimum absolute atomic E-state index is 0.0433. The monoisotopic (exact) mass is 370 g/mol. The highest BCUT2D eigenvalue weighted by Gasteiger charge is 2.41. The summed E-state index contributed by atoms with van der Waals surface area (Å²) in [6.07, 6.45) is 0.989. The molecule has 5 heteroatoms. The van der Waals surface area contributed by atoms with Crippen molar-refractivity contribution < 1.29 is 9.59 Å². The van der Waals surface area contributed by atoms with Crippen molar-refractivity contribution in [2.75, 3.05) is 11.4 Å². The third-order valence-electron chi connectivity index (χ3n) is 4.77. The highest BCUT2D eigenvalue weighted by Crippen LogP contribution is 2.41. The number of amides is 2. The summed E-state index contributed by atoms with van der Waals surface area (Å²) in [4.78, 5) is 28.6. The van der Waals surface area contributed by atoms with Gasteiger partial charge in [0.15, 0.2) is 0 Å². The van der Waals surface area contributed by atoms with Gasteiger partial charge in [0, 0.05) is 23.5 Å². The average Bonchev–Trinajstić information content (AvgIpc) is 3.14. The lowest BCUT2D eigenvalue weighted by Crippen LogP contribution is -2.48. The Morgan fingerprint density at radius 3 is 2.62 bits per heavy atom. The van der Waals surface area contributed by atoms with E-state index < -0.39 is 0 Å². The number of piperidine rings is 1. The molecule has 0 spiro atoms. The fourth-order valence-electron chi connectivity index (χ4n) is 3.40. The van der Waals surface area contributed by atoms with Crippen LogP contribution < -0.4 is 10.2 Å². The molecule has 4 nitrogen and oxygen atoms in total. The standard InChI is InChI=1S/C21H26N2O2S/c1-14(2)13-22-21(25)17-10-11-19(24)23(16-8-6-15(3)7-9-16)20(17)18-5-4-12-26-18/h4-9,12,14,17,20H,10-11,13H2,1-3H3,(H,22,25). The van der Waals surface area contributed by atoms with E-state index in [4.69, 9.17) is 0 Å². The molecule has 0 saturated carbocycles. The fraction of sp³-hybridized carbons (Fsp3) is 0.429. The molecule has 1 saturated heterocycles. The van der Waals surface area contributed by atoms with E-state index >= 15 is 0 Å². The van der Waals surface area contributed by atoms with Gasteiger partial charge in [-0.1, -0.05) is 37.6 Å². The Balaban J connectivity index is 1.96. The van der Waals surface area contributed by atoms with Crippen molar-refractivity contribution in [3.8, 4) is 0 Å². The zero-order valence-corrected chi connectivity index (χ0v) is 16.4. The normalized spacial score (nSPS) is 20.5. The van der Waals surface area contributed by atoms with E-state index in [2.05, 4.69) is 19.2 Å². The van der Waals surface area contributed by atoms with Crippen molar-refractivity contribution >= 4 is 28.8 Å². The number of hydrogen-bond donors (Lipinski definition) is 1. The maximum absolute atomic E-state index is 12.9. The summed E-state index contributed by atoms with van der Waals surface area (Å²) in [7, 11) is 0.